The maximum Gasteiger partial charge on any atom is 0.335 e. The molecule has 5 heteroatoms. The fourth-order valence-electron chi connectivity index (χ4n) is 1.48. The first-order valence-corrected chi connectivity index (χ1v) is 6.43. The molecule has 2 aromatic carbocycles. The SMILES string of the molecule is Nc1cc(C(=O)O)cc(S)c1Sc1ccccc1. The average Bonchev–Trinajstić information content (AvgIpc) is 2.34. The lowest BCUT2D eigenvalue weighted by molar-refractivity contribution is 0.0696. The molecule has 0 aliphatic carbocycles. The molecule has 0 aliphatic rings. The van der Waals surface area contributed by atoms with E-state index in [-0.39, 0.29) is 5.56 Å². The summed E-state index contributed by atoms with van der Waals surface area (Å²) in [5.74, 6) is -1.01. The first kappa shape index (κ1) is 12.9. The molecule has 0 saturated heterocycles. The summed E-state index contributed by atoms with van der Waals surface area (Å²) in [6, 6.07) is 12.7. The summed E-state index contributed by atoms with van der Waals surface area (Å²) in [7, 11) is 0. The highest BCUT2D eigenvalue weighted by atomic mass is 32.2. The number of hydrogen-bond acceptors (Lipinski definition) is 4. The van der Waals surface area contributed by atoms with Crippen molar-refractivity contribution in [1.29, 1.82) is 0 Å². The molecule has 0 aromatic heterocycles. The van der Waals surface area contributed by atoms with Crippen LogP contribution < -0.4 is 5.73 Å². The molecule has 0 aliphatic heterocycles. The van der Waals surface area contributed by atoms with Gasteiger partial charge in [0.1, 0.15) is 0 Å². The van der Waals surface area contributed by atoms with Crippen LogP contribution in [0, 0.1) is 0 Å². The van der Waals surface area contributed by atoms with Crippen molar-refractivity contribution >= 4 is 36.0 Å². The summed E-state index contributed by atoms with van der Waals surface area (Å²) in [4.78, 5) is 13.3. The summed E-state index contributed by atoms with van der Waals surface area (Å²) >= 11 is 5.76. The smallest absolute Gasteiger partial charge is 0.335 e. The Bertz CT molecular complexity index is 562. The maximum absolute atomic E-state index is 10.9. The van der Waals surface area contributed by atoms with E-state index in [2.05, 4.69) is 12.6 Å². The number of rotatable bonds is 3. The largest absolute Gasteiger partial charge is 0.478 e. The second-order valence-corrected chi connectivity index (χ2v) is 5.20. The molecule has 0 atom stereocenters. The van der Waals surface area contributed by atoms with Crippen molar-refractivity contribution in [2.45, 2.75) is 14.7 Å². The van der Waals surface area contributed by atoms with E-state index >= 15 is 0 Å². The minimum Gasteiger partial charge on any atom is -0.478 e. The zero-order valence-corrected chi connectivity index (χ0v) is 11.0. The van der Waals surface area contributed by atoms with Gasteiger partial charge in [0.05, 0.1) is 5.56 Å². The fraction of sp³-hybridized carbons (Fsp3) is 0. The van der Waals surface area contributed by atoms with Crippen molar-refractivity contribution in [1.82, 2.24) is 0 Å². The van der Waals surface area contributed by atoms with Gasteiger partial charge in [-0.1, -0.05) is 30.0 Å². The molecule has 0 amide bonds. The van der Waals surface area contributed by atoms with Crippen LogP contribution in [0.5, 0.6) is 0 Å². The number of nitrogens with two attached hydrogens (primary N) is 1. The van der Waals surface area contributed by atoms with Crippen LogP contribution in [-0.2, 0) is 0 Å². The topological polar surface area (TPSA) is 63.3 Å². The van der Waals surface area contributed by atoms with Gasteiger partial charge in [-0.15, -0.1) is 12.6 Å². The van der Waals surface area contributed by atoms with Crippen LogP contribution in [-0.4, -0.2) is 11.1 Å². The zero-order chi connectivity index (χ0) is 13.1. The van der Waals surface area contributed by atoms with Gasteiger partial charge in [-0.2, -0.15) is 0 Å². The first-order chi connectivity index (χ1) is 8.58. The summed E-state index contributed by atoms with van der Waals surface area (Å²) in [6.45, 7) is 0. The van der Waals surface area contributed by atoms with Gasteiger partial charge in [0.15, 0.2) is 0 Å². The highest BCUT2D eigenvalue weighted by molar-refractivity contribution is 8.00. The lowest BCUT2D eigenvalue weighted by atomic mass is 10.2. The van der Waals surface area contributed by atoms with Gasteiger partial charge in [0, 0.05) is 20.4 Å². The van der Waals surface area contributed by atoms with Gasteiger partial charge >= 0.3 is 5.97 Å². The highest BCUT2D eigenvalue weighted by Crippen LogP contribution is 2.37. The van der Waals surface area contributed by atoms with E-state index in [4.69, 9.17) is 10.8 Å². The van der Waals surface area contributed by atoms with Gasteiger partial charge < -0.3 is 10.8 Å². The minimum absolute atomic E-state index is 0.148. The minimum atomic E-state index is -1.01. The predicted octanol–water partition coefficient (Wildman–Crippen LogP) is 3.41. The molecule has 3 nitrogen and oxygen atoms in total. The third-order valence-corrected chi connectivity index (χ3v) is 3.98. The van der Waals surface area contributed by atoms with Gasteiger partial charge in [0.2, 0.25) is 0 Å². The molecule has 0 spiro atoms. The van der Waals surface area contributed by atoms with Crippen LogP contribution in [0.15, 0.2) is 57.2 Å². The Balaban J connectivity index is 2.37. The summed E-state index contributed by atoms with van der Waals surface area (Å²) in [6.07, 6.45) is 0. The Hall–Kier alpha value is -1.59. The first-order valence-electron chi connectivity index (χ1n) is 5.16. The molecule has 2 rings (SSSR count). The Labute approximate surface area is 114 Å². The van der Waals surface area contributed by atoms with E-state index in [1.807, 2.05) is 30.3 Å². The van der Waals surface area contributed by atoms with Crippen LogP contribution in [0.3, 0.4) is 0 Å². The van der Waals surface area contributed by atoms with Crippen molar-refractivity contribution in [3.05, 3.63) is 48.0 Å². The fourth-order valence-corrected chi connectivity index (χ4v) is 2.75. The Kier molecular flexibility index (Phi) is 3.84. The predicted molar refractivity (Wildman–Crippen MR) is 75.6 cm³/mol. The summed E-state index contributed by atoms with van der Waals surface area (Å²) in [5.41, 5.74) is 6.45. The van der Waals surface area contributed by atoms with Crippen LogP contribution in [0.25, 0.3) is 0 Å². The lowest BCUT2D eigenvalue weighted by Crippen LogP contribution is -2.00. The third-order valence-electron chi connectivity index (χ3n) is 2.31. The van der Waals surface area contributed by atoms with Gasteiger partial charge in [-0.3, -0.25) is 0 Å². The van der Waals surface area contributed by atoms with Crippen LogP contribution in [0.4, 0.5) is 5.69 Å². The Morgan fingerprint density at radius 1 is 1.22 bits per heavy atom. The highest BCUT2D eigenvalue weighted by Gasteiger charge is 2.11. The normalized spacial score (nSPS) is 10.3. The van der Waals surface area contributed by atoms with Crippen molar-refractivity contribution in [3.8, 4) is 0 Å². The van der Waals surface area contributed by atoms with E-state index in [1.165, 1.54) is 23.9 Å². The Morgan fingerprint density at radius 3 is 2.44 bits per heavy atom. The quantitative estimate of drug-likeness (QED) is 0.594. The molecule has 92 valence electrons. The zero-order valence-electron chi connectivity index (χ0n) is 9.33. The van der Waals surface area contributed by atoms with E-state index in [1.54, 1.807) is 0 Å². The Morgan fingerprint density at radius 2 is 1.89 bits per heavy atom. The number of nitrogen functional groups attached to an aromatic ring is 1. The number of thiol groups is 1. The average molecular weight is 277 g/mol. The number of carboxylic acids is 1. The molecular formula is C13H11NO2S2. The molecule has 0 fully saturated rings. The van der Waals surface area contributed by atoms with Crippen molar-refractivity contribution in [3.63, 3.8) is 0 Å². The maximum atomic E-state index is 10.9. The van der Waals surface area contributed by atoms with Gasteiger partial charge in [-0.05, 0) is 24.3 Å². The van der Waals surface area contributed by atoms with E-state index in [0.29, 0.717) is 10.6 Å². The molecule has 3 N–H and O–H groups in total. The molecular weight excluding hydrogens is 266 g/mol. The number of carbonyl (C=O) groups is 1. The number of hydrogen-bond donors (Lipinski definition) is 3. The summed E-state index contributed by atoms with van der Waals surface area (Å²) in [5, 5.41) is 8.92. The summed E-state index contributed by atoms with van der Waals surface area (Å²) < 4.78 is 0. The molecule has 2 aromatic rings. The van der Waals surface area contributed by atoms with Crippen molar-refractivity contribution < 1.29 is 9.90 Å². The standard InChI is InChI=1S/C13H11NO2S2/c14-10-6-8(13(15)16)7-11(17)12(10)18-9-4-2-1-3-5-9/h1-7,17H,14H2,(H,15,16). The second kappa shape index (κ2) is 5.37. The number of benzene rings is 2. The van der Waals surface area contributed by atoms with Crippen LogP contribution >= 0.6 is 24.4 Å². The molecule has 0 heterocycles. The van der Waals surface area contributed by atoms with Crippen molar-refractivity contribution in [2.24, 2.45) is 0 Å². The lowest BCUT2D eigenvalue weighted by Gasteiger charge is -2.09. The number of anilines is 1. The number of aromatic carboxylic acids is 1. The van der Waals surface area contributed by atoms with E-state index in [9.17, 15) is 4.79 Å². The van der Waals surface area contributed by atoms with E-state index in [0.717, 1.165) is 9.79 Å². The molecule has 18 heavy (non-hydrogen) atoms. The molecule has 0 bridgehead atoms. The van der Waals surface area contributed by atoms with Crippen LogP contribution in [0.2, 0.25) is 0 Å². The van der Waals surface area contributed by atoms with E-state index < -0.39 is 5.97 Å². The van der Waals surface area contributed by atoms with Crippen molar-refractivity contribution in [2.75, 3.05) is 5.73 Å². The van der Waals surface area contributed by atoms with Crippen LogP contribution in [0.1, 0.15) is 10.4 Å². The van der Waals surface area contributed by atoms with Gasteiger partial charge in [-0.25, -0.2) is 4.79 Å². The second-order valence-electron chi connectivity index (χ2n) is 3.63. The third kappa shape index (κ3) is 2.80. The number of carboxylic acid groups (broad SMARTS) is 1. The van der Waals surface area contributed by atoms with Gasteiger partial charge in [0.25, 0.3) is 0 Å². The monoisotopic (exact) mass is 277 g/mol. The molecule has 0 unspecified atom stereocenters. The molecule has 0 radical (unpaired) electrons. The molecule has 0 saturated carbocycles.